The number of anilines is 1. The van der Waals surface area contributed by atoms with Crippen LogP contribution in [0.2, 0.25) is 10.0 Å². The molecule has 18 heavy (non-hydrogen) atoms. The molecule has 0 bridgehead atoms. The minimum atomic E-state index is 0.356. The molecular weight excluding hydrogens is 271 g/mol. The number of nitrogen functional groups attached to an aromatic ring is 1. The highest BCUT2D eigenvalue weighted by molar-refractivity contribution is 6.38. The fourth-order valence-electron chi connectivity index (χ4n) is 2.24. The van der Waals surface area contributed by atoms with Crippen LogP contribution in [-0.4, -0.2) is 31.2 Å². The van der Waals surface area contributed by atoms with E-state index in [4.69, 9.17) is 33.7 Å². The second-order valence-electron chi connectivity index (χ2n) is 4.80. The molecule has 0 aromatic heterocycles. The lowest BCUT2D eigenvalue weighted by Gasteiger charge is -2.21. The zero-order valence-corrected chi connectivity index (χ0v) is 12.0. The van der Waals surface area contributed by atoms with Gasteiger partial charge in [0.25, 0.3) is 0 Å². The van der Waals surface area contributed by atoms with E-state index < -0.39 is 0 Å². The van der Waals surface area contributed by atoms with Gasteiger partial charge in [-0.25, -0.2) is 0 Å². The second kappa shape index (κ2) is 6.11. The van der Waals surface area contributed by atoms with Crippen molar-refractivity contribution in [2.75, 3.05) is 25.9 Å². The van der Waals surface area contributed by atoms with Crippen molar-refractivity contribution >= 4 is 28.9 Å². The number of likely N-dealkylation sites (N-methyl/N-ethyl adjacent to an activating group) is 1. The Kier molecular flexibility index (Phi) is 4.73. The zero-order valence-electron chi connectivity index (χ0n) is 10.5. The van der Waals surface area contributed by atoms with E-state index in [1.807, 2.05) is 12.1 Å². The fourth-order valence-corrected chi connectivity index (χ4v) is 2.77. The summed E-state index contributed by atoms with van der Waals surface area (Å²) < 4.78 is 5.61. The average Bonchev–Trinajstić information content (AvgIpc) is 2.78. The first-order chi connectivity index (χ1) is 8.56. The van der Waals surface area contributed by atoms with Crippen LogP contribution in [0.4, 0.5) is 5.69 Å². The lowest BCUT2D eigenvalue weighted by molar-refractivity contribution is 0.0793. The Labute approximate surface area is 118 Å². The van der Waals surface area contributed by atoms with Gasteiger partial charge in [0.1, 0.15) is 0 Å². The standard InChI is InChI=1S/C13H18Cl2N2O/c1-17(8-10-3-2-4-18-10)7-9-5-11(14)13(16)12(15)6-9/h5-6,10H,2-4,7-8,16H2,1H3. The minimum Gasteiger partial charge on any atom is -0.396 e. The Balaban J connectivity index is 1.95. The van der Waals surface area contributed by atoms with E-state index >= 15 is 0 Å². The highest BCUT2D eigenvalue weighted by Gasteiger charge is 2.17. The maximum absolute atomic E-state index is 6.02. The van der Waals surface area contributed by atoms with E-state index in [2.05, 4.69) is 11.9 Å². The minimum absolute atomic E-state index is 0.356. The van der Waals surface area contributed by atoms with Crippen molar-refractivity contribution in [1.29, 1.82) is 0 Å². The quantitative estimate of drug-likeness (QED) is 0.865. The first-order valence-electron chi connectivity index (χ1n) is 6.10. The molecule has 0 amide bonds. The van der Waals surface area contributed by atoms with Gasteiger partial charge in [-0.3, -0.25) is 4.90 Å². The summed E-state index contributed by atoms with van der Waals surface area (Å²) in [5.41, 5.74) is 7.23. The molecular formula is C13H18Cl2N2O. The third-order valence-corrected chi connectivity index (χ3v) is 3.76. The maximum atomic E-state index is 6.02. The van der Waals surface area contributed by atoms with E-state index in [1.54, 1.807) is 0 Å². The number of benzene rings is 1. The van der Waals surface area contributed by atoms with Gasteiger partial charge in [-0.1, -0.05) is 23.2 Å². The van der Waals surface area contributed by atoms with Crippen LogP contribution in [0.5, 0.6) is 0 Å². The summed E-state index contributed by atoms with van der Waals surface area (Å²) in [5.74, 6) is 0. The summed E-state index contributed by atoms with van der Waals surface area (Å²) in [6, 6.07) is 3.74. The molecule has 1 aromatic rings. The van der Waals surface area contributed by atoms with Gasteiger partial charge in [0, 0.05) is 19.7 Å². The first kappa shape index (κ1) is 13.9. The van der Waals surface area contributed by atoms with Gasteiger partial charge in [0.05, 0.1) is 21.8 Å². The largest absolute Gasteiger partial charge is 0.396 e. The normalized spacial score (nSPS) is 19.7. The van der Waals surface area contributed by atoms with Crippen LogP contribution < -0.4 is 5.73 Å². The average molecular weight is 289 g/mol. The molecule has 1 atom stereocenters. The van der Waals surface area contributed by atoms with E-state index in [0.717, 1.165) is 38.1 Å². The summed E-state index contributed by atoms with van der Waals surface area (Å²) in [6.07, 6.45) is 2.67. The van der Waals surface area contributed by atoms with Crippen LogP contribution in [0.3, 0.4) is 0 Å². The number of halogens is 2. The summed E-state index contributed by atoms with van der Waals surface area (Å²) >= 11 is 12.0. The number of ether oxygens (including phenoxy) is 1. The number of nitrogens with two attached hydrogens (primary N) is 1. The van der Waals surface area contributed by atoms with Crippen molar-refractivity contribution in [2.45, 2.75) is 25.5 Å². The van der Waals surface area contributed by atoms with E-state index in [-0.39, 0.29) is 0 Å². The predicted octanol–water partition coefficient (Wildman–Crippen LogP) is 3.19. The molecule has 0 aliphatic carbocycles. The molecule has 1 heterocycles. The number of hydrogen-bond donors (Lipinski definition) is 1. The molecule has 1 fully saturated rings. The van der Waals surface area contributed by atoms with Crippen molar-refractivity contribution < 1.29 is 4.74 Å². The molecule has 0 radical (unpaired) electrons. The third kappa shape index (κ3) is 3.51. The molecule has 2 rings (SSSR count). The van der Waals surface area contributed by atoms with Crippen LogP contribution in [-0.2, 0) is 11.3 Å². The monoisotopic (exact) mass is 288 g/mol. The molecule has 0 spiro atoms. The molecule has 2 N–H and O–H groups in total. The van der Waals surface area contributed by atoms with E-state index in [0.29, 0.717) is 21.8 Å². The molecule has 1 aliphatic rings. The summed E-state index contributed by atoms with van der Waals surface area (Å²) in [6.45, 7) is 2.61. The second-order valence-corrected chi connectivity index (χ2v) is 5.62. The predicted molar refractivity (Wildman–Crippen MR) is 76.2 cm³/mol. The summed E-state index contributed by atoms with van der Waals surface area (Å²) in [5, 5.41) is 1.03. The van der Waals surface area contributed by atoms with Crippen LogP contribution in [0.25, 0.3) is 0 Å². The van der Waals surface area contributed by atoms with Crippen LogP contribution >= 0.6 is 23.2 Å². The zero-order chi connectivity index (χ0) is 13.1. The van der Waals surface area contributed by atoms with Crippen molar-refractivity contribution in [1.82, 2.24) is 4.90 Å². The molecule has 100 valence electrons. The lowest BCUT2D eigenvalue weighted by atomic mass is 10.1. The summed E-state index contributed by atoms with van der Waals surface area (Å²) in [7, 11) is 2.07. The Morgan fingerprint density at radius 3 is 2.61 bits per heavy atom. The first-order valence-corrected chi connectivity index (χ1v) is 6.85. The SMILES string of the molecule is CN(Cc1cc(Cl)c(N)c(Cl)c1)CC1CCCO1. The van der Waals surface area contributed by atoms with Crippen LogP contribution in [0, 0.1) is 0 Å². The number of rotatable bonds is 4. The Hall–Kier alpha value is -0.480. The Bertz CT molecular complexity index is 396. The highest BCUT2D eigenvalue weighted by Crippen LogP contribution is 2.29. The van der Waals surface area contributed by atoms with Crippen molar-refractivity contribution in [3.8, 4) is 0 Å². The molecule has 1 saturated heterocycles. The van der Waals surface area contributed by atoms with Crippen molar-refractivity contribution in [2.24, 2.45) is 0 Å². The third-order valence-electron chi connectivity index (χ3n) is 3.13. The number of hydrogen-bond acceptors (Lipinski definition) is 3. The van der Waals surface area contributed by atoms with Gasteiger partial charge >= 0.3 is 0 Å². The van der Waals surface area contributed by atoms with Gasteiger partial charge in [-0.2, -0.15) is 0 Å². The molecule has 1 aromatic carbocycles. The van der Waals surface area contributed by atoms with Gasteiger partial charge in [-0.15, -0.1) is 0 Å². The highest BCUT2D eigenvalue weighted by atomic mass is 35.5. The Morgan fingerprint density at radius 1 is 1.39 bits per heavy atom. The molecule has 3 nitrogen and oxygen atoms in total. The van der Waals surface area contributed by atoms with Gasteiger partial charge in [0.2, 0.25) is 0 Å². The van der Waals surface area contributed by atoms with Gasteiger partial charge in [0.15, 0.2) is 0 Å². The topological polar surface area (TPSA) is 38.5 Å². The maximum Gasteiger partial charge on any atom is 0.0702 e. The smallest absolute Gasteiger partial charge is 0.0702 e. The van der Waals surface area contributed by atoms with E-state index in [9.17, 15) is 0 Å². The molecule has 5 heteroatoms. The molecule has 1 unspecified atom stereocenters. The lowest BCUT2D eigenvalue weighted by Crippen LogP contribution is -2.28. The molecule has 0 saturated carbocycles. The van der Waals surface area contributed by atoms with E-state index in [1.165, 1.54) is 0 Å². The van der Waals surface area contributed by atoms with Crippen molar-refractivity contribution in [3.63, 3.8) is 0 Å². The van der Waals surface area contributed by atoms with Crippen molar-refractivity contribution in [3.05, 3.63) is 27.7 Å². The summed E-state index contributed by atoms with van der Waals surface area (Å²) in [4.78, 5) is 2.22. The fraction of sp³-hybridized carbons (Fsp3) is 0.538. The number of nitrogens with zero attached hydrogens (tertiary/aromatic N) is 1. The van der Waals surface area contributed by atoms with Gasteiger partial charge in [-0.05, 0) is 37.6 Å². The Morgan fingerprint density at radius 2 is 2.06 bits per heavy atom. The van der Waals surface area contributed by atoms with Crippen LogP contribution in [0.1, 0.15) is 18.4 Å². The molecule has 1 aliphatic heterocycles. The van der Waals surface area contributed by atoms with Gasteiger partial charge < -0.3 is 10.5 Å². The van der Waals surface area contributed by atoms with Crippen LogP contribution in [0.15, 0.2) is 12.1 Å².